The smallest absolute Gasteiger partial charge is 0.341 e. The third-order valence-corrected chi connectivity index (χ3v) is 6.09. The van der Waals surface area contributed by atoms with Crippen LogP contribution in [0.25, 0.3) is 0 Å². The summed E-state index contributed by atoms with van der Waals surface area (Å²) in [5.74, 6) is 0. The molecule has 0 radical (unpaired) electrons. The van der Waals surface area contributed by atoms with Crippen LogP contribution in [0.1, 0.15) is 0 Å². The molecule has 9 atom stereocenters. The van der Waals surface area contributed by atoms with Crippen molar-refractivity contribution in [2.24, 2.45) is 0 Å². The van der Waals surface area contributed by atoms with Crippen molar-refractivity contribution in [3.63, 3.8) is 0 Å². The van der Waals surface area contributed by atoms with Gasteiger partial charge < -0.3 is 14.2 Å². The van der Waals surface area contributed by atoms with Crippen molar-refractivity contribution in [3.8, 4) is 0 Å². The Hall–Kier alpha value is -0.990. The first-order valence-electron chi connectivity index (χ1n) is 9.76. The van der Waals surface area contributed by atoms with E-state index in [0.717, 1.165) is 0 Å². The monoisotopic (exact) mass is 680 g/mol. The Labute approximate surface area is 226 Å². The molecule has 2 heterocycles. The Bertz CT molecular complexity index is 1110. The molecule has 0 aliphatic carbocycles. The van der Waals surface area contributed by atoms with Gasteiger partial charge in [0.05, 0.1) is 6.61 Å². The molecule has 30 heteroatoms. The fourth-order valence-electron chi connectivity index (χ4n) is 3.42. The van der Waals surface area contributed by atoms with Gasteiger partial charge in [-0.1, -0.05) is 20.2 Å². The van der Waals surface area contributed by atoms with E-state index in [2.05, 4.69) is 52.3 Å². The van der Waals surface area contributed by atoms with Gasteiger partial charge in [0.15, 0.2) is 37.0 Å². The third-order valence-electron chi connectivity index (χ3n) is 4.72. The lowest BCUT2D eigenvalue weighted by molar-refractivity contribution is -0.595. The minimum Gasteiger partial charge on any atom is -0.341 e. The van der Waals surface area contributed by atoms with Gasteiger partial charge in [-0.25, -0.2) is 38.5 Å². The first-order chi connectivity index (χ1) is 19.0. The zero-order valence-corrected chi connectivity index (χ0v) is 21.6. The van der Waals surface area contributed by atoms with Crippen molar-refractivity contribution in [2.75, 3.05) is 13.2 Å². The summed E-state index contributed by atoms with van der Waals surface area (Å²) in [4.78, 5) is 17.6. The van der Waals surface area contributed by atoms with Crippen molar-refractivity contribution in [3.05, 3.63) is 0 Å². The van der Waals surface area contributed by atoms with E-state index in [9.17, 15) is 25.3 Å². The molecule has 2 aliphatic heterocycles. The van der Waals surface area contributed by atoms with Gasteiger partial charge in [-0.3, -0.25) is 13.7 Å². The van der Waals surface area contributed by atoms with E-state index in [1.54, 1.807) is 0 Å². The van der Waals surface area contributed by atoms with E-state index in [1.807, 2.05) is 0 Å². The molecule has 2 unspecified atom stereocenters. The normalized spacial score (nSPS) is 33.3. The molecule has 0 aromatic rings. The fraction of sp³-hybridized carbons (Fsp3) is 1.00. The van der Waals surface area contributed by atoms with Gasteiger partial charge in [-0.05, 0) is 0 Å². The summed E-state index contributed by atoms with van der Waals surface area (Å²) in [7, 11) is -16.4. The van der Waals surface area contributed by atoms with Crippen LogP contribution >= 0.6 is 0 Å². The average Bonchev–Trinajstić information content (AvgIpc) is 3.12. The maximum absolute atomic E-state index is 11.5. The van der Waals surface area contributed by atoms with E-state index in [0.29, 0.717) is 0 Å². The average molecular weight is 680 g/mol. The van der Waals surface area contributed by atoms with Crippen molar-refractivity contribution < 1.29 is 126 Å². The summed E-state index contributed by atoms with van der Waals surface area (Å²) >= 11 is 0. The van der Waals surface area contributed by atoms with E-state index in [-0.39, 0.29) is 0 Å². The highest BCUT2D eigenvalue weighted by Gasteiger charge is 2.57. The summed E-state index contributed by atoms with van der Waals surface area (Å²) in [5, 5.41) is 48.5. The van der Waals surface area contributed by atoms with Crippen LogP contribution in [0.15, 0.2) is 0 Å². The van der Waals surface area contributed by atoms with Crippen molar-refractivity contribution in [1.82, 2.24) is 0 Å². The van der Waals surface area contributed by atoms with E-state index in [4.69, 9.17) is 48.9 Å². The standard InChI is InChI=1S/C11H20O27S3/c12-35-25-1-3-5(30-36-13)7(31-37-14)8(32-38-15)10(27-3)29-11-9(34-41(22,23)24)6(33-40(19,20)21)4(28-11)2-26-39(16,17)18/h3-15H,1-2H2,(H,16,17,18)(H,19,20,21)(H,22,23,24)/t3?,4-,5-,6-,7+,8?,9-,10+,11+/m1/s1. The molecule has 0 aromatic heterocycles. The molecule has 27 nitrogen and oxygen atoms in total. The van der Waals surface area contributed by atoms with Crippen LogP contribution in [0.5, 0.6) is 0 Å². The van der Waals surface area contributed by atoms with Crippen LogP contribution in [-0.4, -0.2) is 128 Å². The minimum atomic E-state index is -5.59. The zero-order chi connectivity index (χ0) is 31.0. The first kappa shape index (κ1) is 36.2. The summed E-state index contributed by atoms with van der Waals surface area (Å²) in [6, 6.07) is 0. The second-order valence-electron chi connectivity index (χ2n) is 7.18. The van der Waals surface area contributed by atoms with Gasteiger partial charge in [0.25, 0.3) is 0 Å². The second-order valence-corrected chi connectivity index (χ2v) is 10.4. The molecule has 2 aliphatic rings. The molecular weight excluding hydrogens is 660 g/mol. The lowest BCUT2D eigenvalue weighted by atomic mass is 9.99. The molecule has 0 saturated carbocycles. The van der Waals surface area contributed by atoms with Crippen LogP contribution in [0, 0.1) is 0 Å². The van der Waals surface area contributed by atoms with E-state index in [1.165, 1.54) is 0 Å². The topological polar surface area (TPSA) is 373 Å². The molecule has 0 aromatic carbocycles. The lowest BCUT2D eigenvalue weighted by Crippen LogP contribution is -2.62. The van der Waals surface area contributed by atoms with Crippen LogP contribution < -0.4 is 0 Å². The molecule has 0 amide bonds. The lowest BCUT2D eigenvalue weighted by Gasteiger charge is -2.42. The SMILES string of the molecule is O=S(=O)(O)OC[C@H]1O[C@@H](O[C@@H]2OC(COOO)[C@@H](OOO)[C@H](OOO)C2OOO)[C@H](OS(=O)(=O)O)[C@@H]1OS(=O)(=O)O. The van der Waals surface area contributed by atoms with E-state index < -0.39 is 99.7 Å². The van der Waals surface area contributed by atoms with Crippen LogP contribution in [0.2, 0.25) is 0 Å². The van der Waals surface area contributed by atoms with Crippen molar-refractivity contribution in [1.29, 1.82) is 0 Å². The Morgan fingerprint density at radius 3 is 1.49 bits per heavy atom. The summed E-state index contributed by atoms with van der Waals surface area (Å²) in [5.41, 5.74) is 0. The summed E-state index contributed by atoms with van der Waals surface area (Å²) in [6.07, 6.45) is -19.6. The van der Waals surface area contributed by atoms with Gasteiger partial charge in [0.1, 0.15) is 24.9 Å². The molecule has 0 bridgehead atoms. The number of hydrogen-bond donors (Lipinski definition) is 7. The molecule has 2 saturated heterocycles. The quantitative estimate of drug-likeness (QED) is 0.0418. The molecule has 244 valence electrons. The first-order valence-corrected chi connectivity index (χ1v) is 13.9. The predicted molar refractivity (Wildman–Crippen MR) is 104 cm³/mol. The minimum absolute atomic E-state index is 0.918. The molecule has 41 heavy (non-hydrogen) atoms. The zero-order valence-electron chi connectivity index (χ0n) is 19.1. The van der Waals surface area contributed by atoms with Crippen LogP contribution in [-0.2, 0) is 97.7 Å². The van der Waals surface area contributed by atoms with Gasteiger partial charge in [0.2, 0.25) is 0 Å². The third kappa shape index (κ3) is 11.6. The van der Waals surface area contributed by atoms with Crippen LogP contribution in [0.3, 0.4) is 0 Å². The molecular formula is C11H20O27S3. The molecule has 2 rings (SSSR count). The Morgan fingerprint density at radius 1 is 0.537 bits per heavy atom. The van der Waals surface area contributed by atoms with E-state index >= 15 is 0 Å². The highest BCUT2D eigenvalue weighted by atomic mass is 32.3. The summed E-state index contributed by atoms with van der Waals surface area (Å²) < 4.78 is 123. The highest BCUT2D eigenvalue weighted by Crippen LogP contribution is 2.35. The Kier molecular flexibility index (Phi) is 13.8. The van der Waals surface area contributed by atoms with Gasteiger partial charge in [-0.15, -0.1) is 0 Å². The van der Waals surface area contributed by atoms with Gasteiger partial charge in [-0.2, -0.15) is 39.9 Å². The Morgan fingerprint density at radius 2 is 1.00 bits per heavy atom. The Balaban J connectivity index is 2.50. The second kappa shape index (κ2) is 15.7. The summed E-state index contributed by atoms with van der Waals surface area (Å²) in [6.45, 7) is -2.30. The number of ether oxygens (including phenoxy) is 3. The van der Waals surface area contributed by atoms with Crippen molar-refractivity contribution in [2.45, 2.75) is 55.3 Å². The maximum atomic E-state index is 11.5. The highest BCUT2D eigenvalue weighted by molar-refractivity contribution is 7.81. The number of rotatable bonds is 18. The van der Waals surface area contributed by atoms with Gasteiger partial charge >= 0.3 is 31.2 Å². The van der Waals surface area contributed by atoms with Gasteiger partial charge in [0, 0.05) is 0 Å². The number of hydrogen-bond acceptors (Lipinski definition) is 24. The maximum Gasteiger partial charge on any atom is 0.397 e. The van der Waals surface area contributed by atoms with Crippen LogP contribution in [0.4, 0.5) is 0 Å². The molecule has 0 spiro atoms. The largest absolute Gasteiger partial charge is 0.397 e. The predicted octanol–water partition coefficient (Wildman–Crippen LogP) is -3.56. The molecule has 2 fully saturated rings. The molecule has 7 N–H and O–H groups in total. The van der Waals surface area contributed by atoms with Crippen molar-refractivity contribution >= 4 is 31.2 Å². The fourth-order valence-corrected chi connectivity index (χ4v) is 4.72.